The summed E-state index contributed by atoms with van der Waals surface area (Å²) in [4.78, 5) is 23.4. The Morgan fingerprint density at radius 3 is 2.25 bits per heavy atom. The van der Waals surface area contributed by atoms with Crippen LogP contribution in [0.5, 0.6) is 0 Å². The van der Waals surface area contributed by atoms with Crippen LogP contribution in [-0.2, 0) is 35.2 Å². The maximum atomic E-state index is 13.3. The lowest BCUT2D eigenvalue weighted by molar-refractivity contribution is -0.142. The number of halogens is 3. The lowest BCUT2D eigenvalue weighted by Gasteiger charge is -2.09. The molecule has 1 aromatic heterocycles. The third-order valence-corrected chi connectivity index (χ3v) is 4.56. The Kier molecular flexibility index (Phi) is 5.71. The van der Waals surface area contributed by atoms with Gasteiger partial charge in [0.2, 0.25) is 11.8 Å². The molecule has 6 nitrogen and oxygen atoms in total. The van der Waals surface area contributed by atoms with E-state index in [-0.39, 0.29) is 18.0 Å². The molecule has 1 aliphatic carbocycles. The number of nitrogens with one attached hydrogen (secondary N) is 2. The second kappa shape index (κ2) is 8.04. The summed E-state index contributed by atoms with van der Waals surface area (Å²) >= 11 is 0. The number of hydrogen-bond donors (Lipinski definition) is 2. The van der Waals surface area contributed by atoms with Crippen LogP contribution in [0, 0.1) is 0 Å². The minimum atomic E-state index is -4.53. The summed E-state index contributed by atoms with van der Waals surface area (Å²) in [5.74, 6) is -0.674. The van der Waals surface area contributed by atoms with Gasteiger partial charge in [-0.2, -0.15) is 18.3 Å². The predicted molar refractivity (Wildman–Crippen MR) is 97.9 cm³/mol. The molecule has 0 aliphatic heterocycles. The van der Waals surface area contributed by atoms with E-state index >= 15 is 0 Å². The molecule has 1 heterocycles. The van der Waals surface area contributed by atoms with Crippen molar-refractivity contribution in [1.82, 2.24) is 9.78 Å². The summed E-state index contributed by atoms with van der Waals surface area (Å²) < 4.78 is 41.2. The lowest BCUT2D eigenvalue weighted by atomic mass is 10.1. The molecule has 1 aromatic carbocycles. The second-order valence-corrected chi connectivity index (χ2v) is 6.80. The smallest absolute Gasteiger partial charge is 0.326 e. The van der Waals surface area contributed by atoms with Crippen LogP contribution in [0.2, 0.25) is 0 Å². The van der Waals surface area contributed by atoms with E-state index in [2.05, 4.69) is 15.7 Å². The van der Waals surface area contributed by atoms with Crippen molar-refractivity contribution in [1.29, 1.82) is 0 Å². The van der Waals surface area contributed by atoms with Gasteiger partial charge in [0.1, 0.15) is 6.54 Å². The third-order valence-electron chi connectivity index (χ3n) is 4.56. The van der Waals surface area contributed by atoms with Crippen molar-refractivity contribution in [2.45, 2.75) is 51.7 Å². The molecule has 0 spiro atoms. The van der Waals surface area contributed by atoms with Crippen LogP contribution in [0.3, 0.4) is 0 Å². The Hall–Kier alpha value is -2.84. The number of nitrogens with zero attached hydrogens (tertiary/aromatic N) is 2. The van der Waals surface area contributed by atoms with Gasteiger partial charge in [0.25, 0.3) is 0 Å². The number of anilines is 2. The van der Waals surface area contributed by atoms with Crippen molar-refractivity contribution in [3.8, 4) is 0 Å². The van der Waals surface area contributed by atoms with Crippen molar-refractivity contribution in [2.75, 3.05) is 10.6 Å². The quantitative estimate of drug-likeness (QED) is 0.775. The average molecular weight is 394 g/mol. The first-order chi connectivity index (χ1) is 13.2. The first kappa shape index (κ1) is 19.9. The molecular formula is C19H21F3N4O2. The molecule has 2 N–H and O–H groups in total. The third kappa shape index (κ3) is 4.71. The topological polar surface area (TPSA) is 76.0 Å². The Balaban J connectivity index is 1.75. The predicted octanol–water partition coefficient (Wildman–Crippen LogP) is 3.77. The van der Waals surface area contributed by atoms with E-state index in [1.54, 1.807) is 24.3 Å². The molecule has 0 unspecified atom stereocenters. The zero-order valence-corrected chi connectivity index (χ0v) is 15.4. The number of aromatic nitrogens is 2. The highest BCUT2D eigenvalue weighted by Gasteiger charge is 2.39. The summed E-state index contributed by atoms with van der Waals surface area (Å²) in [5.41, 5.74) is 0.904. The number of rotatable bonds is 4. The average Bonchev–Trinajstić information content (AvgIpc) is 2.78. The first-order valence-corrected chi connectivity index (χ1v) is 9.07. The maximum absolute atomic E-state index is 13.3. The molecule has 1 aliphatic rings. The Labute approximate surface area is 160 Å². The minimum Gasteiger partial charge on any atom is -0.326 e. The molecule has 3 rings (SSSR count). The zero-order chi connectivity index (χ0) is 20.3. The number of fused-ring (bicyclic) bond motifs is 1. The molecule has 150 valence electrons. The molecule has 0 radical (unpaired) electrons. The van der Waals surface area contributed by atoms with E-state index in [0.29, 0.717) is 36.3 Å². The SMILES string of the molecule is CC(=O)Nc1ccc(NC(=O)Cn2nc(C(F)(F)F)c3c2CCCCC3)cc1. The van der Waals surface area contributed by atoms with Gasteiger partial charge in [0.15, 0.2) is 5.69 Å². The molecule has 0 atom stereocenters. The maximum Gasteiger partial charge on any atom is 0.435 e. The van der Waals surface area contributed by atoms with Crippen LogP contribution in [0.25, 0.3) is 0 Å². The van der Waals surface area contributed by atoms with E-state index in [4.69, 9.17) is 0 Å². The van der Waals surface area contributed by atoms with Gasteiger partial charge in [-0.15, -0.1) is 0 Å². The number of hydrogen-bond acceptors (Lipinski definition) is 3. The molecule has 2 aromatic rings. The fourth-order valence-corrected chi connectivity index (χ4v) is 3.38. The number of benzene rings is 1. The number of alkyl halides is 3. The summed E-state index contributed by atoms with van der Waals surface area (Å²) in [6.07, 6.45) is -1.39. The van der Waals surface area contributed by atoms with Crippen molar-refractivity contribution < 1.29 is 22.8 Å². The van der Waals surface area contributed by atoms with Gasteiger partial charge in [-0.05, 0) is 49.9 Å². The van der Waals surface area contributed by atoms with Crippen molar-refractivity contribution >= 4 is 23.2 Å². The largest absolute Gasteiger partial charge is 0.435 e. The normalized spacial score (nSPS) is 14.1. The van der Waals surface area contributed by atoms with Crippen molar-refractivity contribution in [3.63, 3.8) is 0 Å². The number of amides is 2. The Morgan fingerprint density at radius 2 is 1.64 bits per heavy atom. The summed E-state index contributed by atoms with van der Waals surface area (Å²) in [6.45, 7) is 1.10. The molecule has 2 amide bonds. The Morgan fingerprint density at radius 1 is 1.04 bits per heavy atom. The van der Waals surface area contributed by atoms with Crippen LogP contribution in [0.4, 0.5) is 24.5 Å². The molecule has 0 saturated carbocycles. The van der Waals surface area contributed by atoms with E-state index in [1.165, 1.54) is 11.6 Å². The van der Waals surface area contributed by atoms with Gasteiger partial charge in [-0.25, -0.2) is 0 Å². The molecule has 9 heteroatoms. The molecule has 0 bridgehead atoms. The highest BCUT2D eigenvalue weighted by molar-refractivity contribution is 5.92. The molecule has 0 fully saturated rings. The van der Waals surface area contributed by atoms with Crippen LogP contribution < -0.4 is 10.6 Å². The number of carbonyl (C=O) groups excluding carboxylic acids is 2. The minimum absolute atomic E-state index is 0.211. The summed E-state index contributed by atoms with van der Waals surface area (Å²) in [6, 6.07) is 6.46. The Bertz CT molecular complexity index is 873. The summed E-state index contributed by atoms with van der Waals surface area (Å²) in [7, 11) is 0. The fraction of sp³-hybridized carbons (Fsp3) is 0.421. The van der Waals surface area contributed by atoms with Gasteiger partial charge in [-0.3, -0.25) is 14.3 Å². The monoisotopic (exact) mass is 394 g/mol. The second-order valence-electron chi connectivity index (χ2n) is 6.80. The van der Waals surface area contributed by atoms with E-state index in [0.717, 1.165) is 12.8 Å². The number of carbonyl (C=O) groups is 2. The van der Waals surface area contributed by atoms with Gasteiger partial charge in [0.05, 0.1) is 0 Å². The highest BCUT2D eigenvalue weighted by Crippen LogP contribution is 2.35. The van der Waals surface area contributed by atoms with E-state index < -0.39 is 17.8 Å². The molecule has 28 heavy (non-hydrogen) atoms. The van der Waals surface area contributed by atoms with Gasteiger partial charge >= 0.3 is 6.18 Å². The summed E-state index contributed by atoms with van der Waals surface area (Å²) in [5, 5.41) is 8.97. The van der Waals surface area contributed by atoms with Crippen molar-refractivity contribution in [3.05, 3.63) is 41.2 Å². The van der Waals surface area contributed by atoms with Gasteiger partial charge < -0.3 is 10.6 Å². The zero-order valence-electron chi connectivity index (χ0n) is 15.4. The standard InChI is InChI=1S/C19H21F3N4O2/c1-12(27)23-13-7-9-14(10-8-13)24-17(28)11-26-16-6-4-2-3-5-15(16)18(25-26)19(20,21)22/h7-10H,2-6,11H2,1H3,(H,23,27)(H,24,28). The first-order valence-electron chi connectivity index (χ1n) is 9.07. The van der Waals surface area contributed by atoms with Crippen molar-refractivity contribution in [2.24, 2.45) is 0 Å². The van der Waals surface area contributed by atoms with Crippen LogP contribution in [0.1, 0.15) is 43.1 Å². The molecule has 0 saturated heterocycles. The van der Waals surface area contributed by atoms with Gasteiger partial charge in [0, 0.05) is 29.6 Å². The van der Waals surface area contributed by atoms with Crippen LogP contribution >= 0.6 is 0 Å². The highest BCUT2D eigenvalue weighted by atomic mass is 19.4. The van der Waals surface area contributed by atoms with Crippen LogP contribution in [0.15, 0.2) is 24.3 Å². The van der Waals surface area contributed by atoms with Crippen LogP contribution in [-0.4, -0.2) is 21.6 Å². The lowest BCUT2D eigenvalue weighted by Crippen LogP contribution is -2.21. The van der Waals surface area contributed by atoms with Gasteiger partial charge in [-0.1, -0.05) is 6.42 Å². The fourth-order valence-electron chi connectivity index (χ4n) is 3.38. The van der Waals surface area contributed by atoms with E-state index in [1.807, 2.05) is 0 Å². The van der Waals surface area contributed by atoms with E-state index in [9.17, 15) is 22.8 Å². The molecular weight excluding hydrogens is 373 g/mol.